The number of benzene rings is 1. The lowest BCUT2D eigenvalue weighted by Gasteiger charge is -2.09. The van der Waals surface area contributed by atoms with Crippen LogP contribution < -0.4 is 5.73 Å². The number of aromatic nitrogens is 4. The molecule has 0 spiro atoms. The molecule has 0 unspecified atom stereocenters. The summed E-state index contributed by atoms with van der Waals surface area (Å²) in [5.74, 6) is 0.157. The first-order valence-electron chi connectivity index (χ1n) is 5.26. The Labute approximate surface area is 111 Å². The molecule has 1 heterocycles. The highest BCUT2D eigenvalue weighted by Crippen LogP contribution is 2.30. The number of nitrogens with zero attached hydrogens (tertiary/aromatic N) is 4. The van der Waals surface area contributed by atoms with Crippen LogP contribution in [0.1, 0.15) is 6.42 Å². The second-order valence-electron chi connectivity index (χ2n) is 3.79. The Kier molecular flexibility index (Phi) is 3.61. The molecule has 0 radical (unpaired) electrons. The Bertz CT molecular complexity index is 581. The molecule has 0 atom stereocenters. The summed E-state index contributed by atoms with van der Waals surface area (Å²) >= 11 is 5.85. The molecule has 0 saturated heterocycles. The smallest absolute Gasteiger partial charge is 0.390 e. The average Bonchev–Trinajstić information content (AvgIpc) is 2.77. The van der Waals surface area contributed by atoms with E-state index in [9.17, 15) is 13.2 Å². The molecular weight excluding hydrogens is 283 g/mol. The first-order valence-corrected chi connectivity index (χ1v) is 5.63. The van der Waals surface area contributed by atoms with Gasteiger partial charge in [-0.05, 0) is 22.6 Å². The van der Waals surface area contributed by atoms with Crippen LogP contribution >= 0.6 is 11.6 Å². The molecule has 1 aromatic carbocycles. The highest BCUT2D eigenvalue weighted by Gasteiger charge is 2.27. The maximum absolute atomic E-state index is 12.2. The minimum absolute atomic E-state index is 0.157. The molecule has 0 bridgehead atoms. The summed E-state index contributed by atoms with van der Waals surface area (Å²) in [7, 11) is 0. The zero-order chi connectivity index (χ0) is 14.0. The van der Waals surface area contributed by atoms with E-state index in [1.165, 1.54) is 0 Å². The molecule has 1 aromatic heterocycles. The van der Waals surface area contributed by atoms with E-state index in [-0.39, 0.29) is 18.1 Å². The number of aryl methyl sites for hydroxylation is 1. The maximum atomic E-state index is 12.2. The Hall–Kier alpha value is -1.83. The van der Waals surface area contributed by atoms with Crippen molar-refractivity contribution in [2.24, 2.45) is 0 Å². The number of halogens is 4. The van der Waals surface area contributed by atoms with Crippen LogP contribution in [0.3, 0.4) is 0 Å². The fourth-order valence-corrected chi connectivity index (χ4v) is 1.69. The molecule has 0 amide bonds. The summed E-state index contributed by atoms with van der Waals surface area (Å²) in [4.78, 5) is 0. The van der Waals surface area contributed by atoms with E-state index in [1.807, 2.05) is 0 Å². The van der Waals surface area contributed by atoms with Gasteiger partial charge in [0.05, 0.1) is 23.7 Å². The topological polar surface area (TPSA) is 69.6 Å². The summed E-state index contributed by atoms with van der Waals surface area (Å²) < 4.78 is 37.6. The fourth-order valence-electron chi connectivity index (χ4n) is 1.51. The molecule has 0 saturated carbocycles. The zero-order valence-electron chi connectivity index (χ0n) is 9.52. The largest absolute Gasteiger partial charge is 0.397 e. The lowest BCUT2D eigenvalue weighted by atomic mass is 10.1. The molecule has 2 aromatic rings. The van der Waals surface area contributed by atoms with Gasteiger partial charge in [-0.15, -0.1) is 5.10 Å². The molecule has 0 aliphatic heterocycles. The summed E-state index contributed by atoms with van der Waals surface area (Å²) in [5.41, 5.74) is 6.39. The van der Waals surface area contributed by atoms with Crippen molar-refractivity contribution >= 4 is 17.3 Å². The third-order valence-electron chi connectivity index (χ3n) is 2.43. The number of para-hydroxylation sites is 1. The van der Waals surface area contributed by atoms with Gasteiger partial charge in [-0.1, -0.05) is 17.7 Å². The van der Waals surface area contributed by atoms with Crippen molar-refractivity contribution in [2.45, 2.75) is 19.1 Å². The second-order valence-corrected chi connectivity index (χ2v) is 4.20. The molecule has 5 nitrogen and oxygen atoms in total. The van der Waals surface area contributed by atoms with E-state index in [0.717, 1.165) is 4.68 Å². The van der Waals surface area contributed by atoms with Crippen LogP contribution in [0, 0.1) is 0 Å². The minimum Gasteiger partial charge on any atom is -0.397 e. The molecular formula is C10H9ClF3N5. The van der Waals surface area contributed by atoms with Crippen molar-refractivity contribution in [3.8, 4) is 11.4 Å². The molecule has 2 N–H and O–H groups in total. The van der Waals surface area contributed by atoms with Gasteiger partial charge in [-0.2, -0.15) is 13.2 Å². The Morgan fingerprint density at radius 2 is 2.05 bits per heavy atom. The van der Waals surface area contributed by atoms with Gasteiger partial charge in [-0.3, -0.25) is 0 Å². The fraction of sp³-hybridized carbons (Fsp3) is 0.300. The number of nitrogens with two attached hydrogens (primary N) is 1. The van der Waals surface area contributed by atoms with Crippen molar-refractivity contribution in [1.82, 2.24) is 20.2 Å². The normalized spacial score (nSPS) is 11.8. The Balaban J connectivity index is 2.31. The van der Waals surface area contributed by atoms with E-state index >= 15 is 0 Å². The van der Waals surface area contributed by atoms with Gasteiger partial charge >= 0.3 is 6.18 Å². The third-order valence-corrected chi connectivity index (χ3v) is 2.76. The minimum atomic E-state index is -4.27. The molecule has 102 valence electrons. The number of hydrogen-bond donors (Lipinski definition) is 1. The first-order chi connectivity index (χ1) is 8.88. The highest BCUT2D eigenvalue weighted by molar-refractivity contribution is 6.33. The molecule has 0 aliphatic rings. The van der Waals surface area contributed by atoms with Gasteiger partial charge in [0.15, 0.2) is 5.82 Å². The molecule has 0 fully saturated rings. The van der Waals surface area contributed by atoms with Gasteiger partial charge in [0.2, 0.25) is 0 Å². The van der Waals surface area contributed by atoms with E-state index in [4.69, 9.17) is 17.3 Å². The lowest BCUT2D eigenvalue weighted by Crippen LogP contribution is -2.14. The van der Waals surface area contributed by atoms with Crippen molar-refractivity contribution in [3.63, 3.8) is 0 Å². The SMILES string of the molecule is Nc1c(Cl)cccc1-c1nnnn1CCC(F)(F)F. The van der Waals surface area contributed by atoms with Gasteiger partial charge in [-0.25, -0.2) is 4.68 Å². The van der Waals surface area contributed by atoms with Gasteiger partial charge in [0, 0.05) is 5.56 Å². The lowest BCUT2D eigenvalue weighted by molar-refractivity contribution is -0.137. The zero-order valence-corrected chi connectivity index (χ0v) is 10.3. The molecule has 2 rings (SSSR count). The van der Waals surface area contributed by atoms with Crippen LogP contribution in [0.15, 0.2) is 18.2 Å². The van der Waals surface area contributed by atoms with E-state index in [0.29, 0.717) is 10.6 Å². The van der Waals surface area contributed by atoms with Crippen LogP contribution in [-0.4, -0.2) is 26.4 Å². The van der Waals surface area contributed by atoms with Crippen molar-refractivity contribution in [3.05, 3.63) is 23.2 Å². The van der Waals surface area contributed by atoms with Crippen LogP contribution in [0.5, 0.6) is 0 Å². The molecule has 9 heteroatoms. The van der Waals surface area contributed by atoms with Crippen molar-refractivity contribution in [1.29, 1.82) is 0 Å². The third kappa shape index (κ3) is 3.14. The second kappa shape index (κ2) is 5.04. The van der Waals surface area contributed by atoms with Crippen LogP contribution in [-0.2, 0) is 6.54 Å². The van der Waals surface area contributed by atoms with Gasteiger partial charge in [0.25, 0.3) is 0 Å². The van der Waals surface area contributed by atoms with Gasteiger partial charge < -0.3 is 5.73 Å². The van der Waals surface area contributed by atoms with Crippen molar-refractivity contribution in [2.75, 3.05) is 5.73 Å². The Morgan fingerprint density at radius 3 is 2.74 bits per heavy atom. The summed E-state index contributed by atoms with van der Waals surface area (Å²) in [6, 6.07) is 4.79. The highest BCUT2D eigenvalue weighted by atomic mass is 35.5. The summed E-state index contributed by atoms with van der Waals surface area (Å²) in [5, 5.41) is 10.9. The van der Waals surface area contributed by atoms with Crippen molar-refractivity contribution < 1.29 is 13.2 Å². The van der Waals surface area contributed by atoms with Crippen LogP contribution in [0.2, 0.25) is 5.02 Å². The van der Waals surface area contributed by atoms with Crippen LogP contribution in [0.25, 0.3) is 11.4 Å². The maximum Gasteiger partial charge on any atom is 0.390 e. The van der Waals surface area contributed by atoms with E-state index in [1.54, 1.807) is 18.2 Å². The first kappa shape index (κ1) is 13.6. The predicted octanol–water partition coefficient (Wildman–Crippen LogP) is 2.53. The van der Waals surface area contributed by atoms with Gasteiger partial charge in [0.1, 0.15) is 0 Å². The number of nitrogen functional groups attached to an aromatic ring is 1. The number of anilines is 1. The quantitative estimate of drug-likeness (QED) is 0.882. The average molecular weight is 292 g/mol. The van der Waals surface area contributed by atoms with Crippen LogP contribution in [0.4, 0.5) is 18.9 Å². The number of rotatable bonds is 3. The number of tetrazole rings is 1. The number of alkyl halides is 3. The van der Waals surface area contributed by atoms with E-state index < -0.39 is 12.6 Å². The Morgan fingerprint density at radius 1 is 1.32 bits per heavy atom. The predicted molar refractivity (Wildman–Crippen MR) is 63.3 cm³/mol. The summed E-state index contributed by atoms with van der Waals surface area (Å²) in [6.45, 7) is -0.377. The number of hydrogen-bond acceptors (Lipinski definition) is 4. The standard InChI is InChI=1S/C10H9ClF3N5/c11-7-3-1-2-6(8(7)15)9-16-17-18-19(9)5-4-10(12,13)14/h1-3H,4-5,15H2. The molecule has 0 aliphatic carbocycles. The summed E-state index contributed by atoms with van der Waals surface area (Å²) in [6.07, 6.45) is -5.30. The monoisotopic (exact) mass is 291 g/mol. The molecule has 19 heavy (non-hydrogen) atoms. The van der Waals surface area contributed by atoms with E-state index in [2.05, 4.69) is 15.5 Å².